The maximum Gasteiger partial charge on any atom is 0.129 e. The molecule has 0 atom stereocenters. The molecule has 146 valence electrons. The molecule has 2 aliphatic rings. The number of benzene rings is 1. The number of thiazole rings is 1. The molecule has 1 saturated heterocycles. The number of imidazole rings is 1. The van der Waals surface area contributed by atoms with Gasteiger partial charge in [0.25, 0.3) is 0 Å². The third kappa shape index (κ3) is 2.98. The zero-order valence-corrected chi connectivity index (χ0v) is 16.8. The molecule has 4 heterocycles. The molecule has 1 aromatic carbocycles. The van der Waals surface area contributed by atoms with E-state index in [9.17, 15) is 4.39 Å². The van der Waals surface area contributed by atoms with Crippen molar-refractivity contribution < 1.29 is 4.39 Å². The van der Waals surface area contributed by atoms with E-state index in [4.69, 9.17) is 4.98 Å². The second kappa shape index (κ2) is 7.06. The fourth-order valence-electron chi connectivity index (χ4n) is 4.70. The summed E-state index contributed by atoms with van der Waals surface area (Å²) in [5.74, 6) is 0.931. The summed E-state index contributed by atoms with van der Waals surface area (Å²) in [4.78, 5) is 14.3. The van der Waals surface area contributed by atoms with E-state index in [1.165, 1.54) is 11.1 Å². The molecular weight excluding hydrogens is 373 g/mol. The van der Waals surface area contributed by atoms with E-state index in [0.29, 0.717) is 0 Å². The zero-order valence-electron chi connectivity index (χ0n) is 16.0. The smallest absolute Gasteiger partial charge is 0.129 e. The largest absolute Gasteiger partial charge is 0.325 e. The number of nitrogens with zero attached hydrogens (tertiary/aromatic N) is 5. The number of fused-ring (bicyclic) bond motifs is 2. The van der Waals surface area contributed by atoms with Crippen LogP contribution in [-0.4, -0.2) is 51.0 Å². The molecular formula is C21H24FN5S. The molecule has 3 aromatic rings. The zero-order chi connectivity index (χ0) is 19.1. The van der Waals surface area contributed by atoms with Crippen LogP contribution in [0.5, 0.6) is 0 Å². The van der Waals surface area contributed by atoms with Gasteiger partial charge in [0, 0.05) is 43.3 Å². The molecule has 1 fully saturated rings. The Balaban J connectivity index is 1.43. The number of halogens is 1. The first-order valence-electron chi connectivity index (χ1n) is 9.80. The van der Waals surface area contributed by atoms with Gasteiger partial charge in [0.05, 0.1) is 24.0 Å². The summed E-state index contributed by atoms with van der Waals surface area (Å²) < 4.78 is 16.1. The molecule has 0 aliphatic carbocycles. The van der Waals surface area contributed by atoms with Crippen LogP contribution in [-0.2, 0) is 18.6 Å². The second-order valence-electron chi connectivity index (χ2n) is 7.78. The fourth-order valence-corrected chi connectivity index (χ4v) is 5.35. The summed E-state index contributed by atoms with van der Waals surface area (Å²) in [6, 6.07) is 6.83. The molecule has 7 heteroatoms. The van der Waals surface area contributed by atoms with Crippen molar-refractivity contribution in [1.82, 2.24) is 24.3 Å². The number of hydrogen-bond donors (Lipinski definition) is 0. The Morgan fingerprint density at radius 2 is 2.00 bits per heavy atom. The van der Waals surface area contributed by atoms with Gasteiger partial charge < -0.3 is 4.57 Å². The lowest BCUT2D eigenvalue weighted by Crippen LogP contribution is -2.56. The summed E-state index contributed by atoms with van der Waals surface area (Å²) in [5.41, 5.74) is 1.88. The summed E-state index contributed by atoms with van der Waals surface area (Å²) in [5, 5.41) is 3.23. The Kier molecular flexibility index (Phi) is 4.53. The molecule has 5 nitrogen and oxygen atoms in total. The van der Waals surface area contributed by atoms with Crippen molar-refractivity contribution in [2.75, 3.05) is 26.7 Å². The fraction of sp³-hybridized carbons (Fsp3) is 0.429. The van der Waals surface area contributed by atoms with Crippen LogP contribution < -0.4 is 0 Å². The van der Waals surface area contributed by atoms with E-state index < -0.39 is 0 Å². The molecule has 28 heavy (non-hydrogen) atoms. The Morgan fingerprint density at radius 1 is 1.14 bits per heavy atom. The van der Waals surface area contributed by atoms with Crippen LogP contribution in [0.3, 0.4) is 0 Å². The molecule has 0 amide bonds. The lowest BCUT2D eigenvalue weighted by molar-refractivity contribution is 0.00699. The quantitative estimate of drug-likeness (QED) is 0.677. The average Bonchev–Trinajstić information content (AvgIpc) is 3.36. The van der Waals surface area contributed by atoms with E-state index in [0.717, 1.165) is 62.6 Å². The van der Waals surface area contributed by atoms with Gasteiger partial charge in [-0.15, -0.1) is 11.3 Å². The summed E-state index contributed by atoms with van der Waals surface area (Å²) in [6.45, 7) is 4.87. The minimum atomic E-state index is -0.203. The monoisotopic (exact) mass is 397 g/mol. The van der Waals surface area contributed by atoms with E-state index in [1.54, 1.807) is 23.5 Å². The highest BCUT2D eigenvalue weighted by atomic mass is 32.1. The summed E-state index contributed by atoms with van der Waals surface area (Å²) in [6.07, 6.45) is 5.90. The molecule has 0 unspecified atom stereocenters. The van der Waals surface area contributed by atoms with Crippen molar-refractivity contribution in [1.29, 1.82) is 0 Å². The SMILES string of the molecule is CN1CCn2c(-c3cccc(F)c3)cnc2C12CCN(Cc1nccs1)CC2. The second-order valence-corrected chi connectivity index (χ2v) is 8.76. The minimum Gasteiger partial charge on any atom is -0.325 e. The van der Waals surface area contributed by atoms with Gasteiger partial charge in [-0.3, -0.25) is 9.80 Å². The molecule has 0 N–H and O–H groups in total. The van der Waals surface area contributed by atoms with Gasteiger partial charge in [0.1, 0.15) is 16.6 Å². The molecule has 5 rings (SSSR count). The first-order chi connectivity index (χ1) is 13.7. The highest BCUT2D eigenvalue weighted by molar-refractivity contribution is 7.09. The third-order valence-electron chi connectivity index (χ3n) is 6.31. The molecule has 2 aromatic heterocycles. The van der Waals surface area contributed by atoms with Gasteiger partial charge in [0.2, 0.25) is 0 Å². The number of aromatic nitrogens is 3. The predicted octanol–water partition coefficient (Wildman–Crippen LogP) is 3.58. The van der Waals surface area contributed by atoms with Crippen LogP contribution in [0.1, 0.15) is 23.7 Å². The van der Waals surface area contributed by atoms with Crippen molar-refractivity contribution in [2.45, 2.75) is 31.5 Å². The van der Waals surface area contributed by atoms with Gasteiger partial charge in [0.15, 0.2) is 0 Å². The summed E-state index contributed by atoms with van der Waals surface area (Å²) in [7, 11) is 2.22. The molecule has 2 aliphatic heterocycles. The molecule has 0 saturated carbocycles. The highest BCUT2D eigenvalue weighted by Gasteiger charge is 2.45. The van der Waals surface area contributed by atoms with Crippen molar-refractivity contribution in [2.24, 2.45) is 0 Å². The van der Waals surface area contributed by atoms with Crippen molar-refractivity contribution in [3.8, 4) is 11.3 Å². The van der Waals surface area contributed by atoms with Gasteiger partial charge in [-0.1, -0.05) is 12.1 Å². The first-order valence-corrected chi connectivity index (χ1v) is 10.7. The van der Waals surface area contributed by atoms with E-state index in [-0.39, 0.29) is 11.4 Å². The molecule has 1 spiro atoms. The molecule has 0 bridgehead atoms. The minimum absolute atomic E-state index is 0.0385. The topological polar surface area (TPSA) is 37.2 Å². The van der Waals surface area contributed by atoms with Crippen LogP contribution in [0, 0.1) is 5.82 Å². The van der Waals surface area contributed by atoms with Gasteiger partial charge in [-0.05, 0) is 32.0 Å². The predicted molar refractivity (Wildman–Crippen MR) is 109 cm³/mol. The lowest BCUT2D eigenvalue weighted by Gasteiger charge is -2.49. The number of rotatable bonds is 3. The normalized spacial score (nSPS) is 19.8. The van der Waals surface area contributed by atoms with Crippen molar-refractivity contribution in [3.63, 3.8) is 0 Å². The number of piperidine rings is 1. The van der Waals surface area contributed by atoms with Crippen LogP contribution >= 0.6 is 11.3 Å². The maximum atomic E-state index is 13.8. The lowest BCUT2D eigenvalue weighted by atomic mass is 9.83. The first kappa shape index (κ1) is 18.0. The van der Waals surface area contributed by atoms with Crippen LogP contribution in [0.4, 0.5) is 4.39 Å². The highest BCUT2D eigenvalue weighted by Crippen LogP contribution is 2.41. The van der Waals surface area contributed by atoms with Crippen LogP contribution in [0.25, 0.3) is 11.3 Å². The number of likely N-dealkylation sites (tertiary alicyclic amines) is 1. The Morgan fingerprint density at radius 3 is 2.75 bits per heavy atom. The van der Waals surface area contributed by atoms with E-state index in [1.807, 2.05) is 23.8 Å². The van der Waals surface area contributed by atoms with Gasteiger partial charge in [-0.25, -0.2) is 14.4 Å². The van der Waals surface area contributed by atoms with E-state index in [2.05, 4.69) is 26.4 Å². The third-order valence-corrected chi connectivity index (χ3v) is 7.07. The van der Waals surface area contributed by atoms with Gasteiger partial charge >= 0.3 is 0 Å². The van der Waals surface area contributed by atoms with Gasteiger partial charge in [-0.2, -0.15) is 0 Å². The average molecular weight is 398 g/mol. The Labute approximate surface area is 168 Å². The van der Waals surface area contributed by atoms with Crippen molar-refractivity contribution >= 4 is 11.3 Å². The summed E-state index contributed by atoms with van der Waals surface area (Å²) >= 11 is 1.72. The Hall–Kier alpha value is -2.09. The molecule has 0 radical (unpaired) electrons. The maximum absolute atomic E-state index is 13.8. The van der Waals surface area contributed by atoms with Crippen LogP contribution in [0.15, 0.2) is 42.0 Å². The van der Waals surface area contributed by atoms with Crippen LogP contribution in [0.2, 0.25) is 0 Å². The number of likely N-dealkylation sites (N-methyl/N-ethyl adjacent to an activating group) is 1. The van der Waals surface area contributed by atoms with Crippen molar-refractivity contribution in [3.05, 3.63) is 58.7 Å². The standard InChI is InChI=1S/C21H24FN5S/c1-25-10-11-27-18(16-3-2-4-17(22)13-16)14-24-20(27)21(25)5-8-26(9-6-21)15-19-23-7-12-28-19/h2-4,7,12-14H,5-6,8-11,15H2,1H3. The van der Waals surface area contributed by atoms with E-state index >= 15 is 0 Å². The Bertz CT molecular complexity index is 959. The number of hydrogen-bond acceptors (Lipinski definition) is 5.